The molecule has 32 heavy (non-hydrogen) atoms. The highest BCUT2D eigenvalue weighted by Gasteiger charge is 2.25. The molecule has 1 aliphatic rings. The standard InChI is InChI=1S/C25H27ClN4O2/c1-16(2)27-24(31)18-12-13-19(26)20(15-18)28-25(32)22-21-11-7-4-8-14-30(21)23(29-22)17-9-5-3-6-10-17/h3,5-6,9-10,12-13,15-16H,4,7-8,11,14H2,1-2H3,(H,27,31)(H,28,32). The van der Waals surface area contributed by atoms with Gasteiger partial charge in [0.1, 0.15) is 11.5 Å². The molecule has 0 unspecified atom stereocenters. The van der Waals surface area contributed by atoms with E-state index in [0.29, 0.717) is 22.0 Å². The maximum Gasteiger partial charge on any atom is 0.276 e. The van der Waals surface area contributed by atoms with E-state index in [4.69, 9.17) is 16.6 Å². The van der Waals surface area contributed by atoms with Crippen molar-refractivity contribution in [1.29, 1.82) is 0 Å². The number of carbonyl (C=O) groups excluding carboxylic acids is 2. The molecule has 7 heteroatoms. The number of amides is 2. The van der Waals surface area contributed by atoms with Gasteiger partial charge in [-0.2, -0.15) is 0 Å². The average Bonchev–Trinajstić information content (AvgIpc) is 2.96. The van der Waals surface area contributed by atoms with Crippen molar-refractivity contribution < 1.29 is 9.59 Å². The summed E-state index contributed by atoms with van der Waals surface area (Å²) in [5, 5.41) is 6.10. The van der Waals surface area contributed by atoms with E-state index in [9.17, 15) is 9.59 Å². The minimum atomic E-state index is -0.318. The predicted molar refractivity (Wildman–Crippen MR) is 127 cm³/mol. The normalized spacial score (nSPS) is 13.4. The number of imidazole rings is 1. The number of hydrogen-bond acceptors (Lipinski definition) is 3. The van der Waals surface area contributed by atoms with Crippen LogP contribution < -0.4 is 10.6 Å². The van der Waals surface area contributed by atoms with Crippen LogP contribution in [-0.4, -0.2) is 27.4 Å². The van der Waals surface area contributed by atoms with Crippen molar-refractivity contribution in [2.75, 3.05) is 5.32 Å². The summed E-state index contributed by atoms with van der Waals surface area (Å²) in [4.78, 5) is 30.4. The Morgan fingerprint density at radius 2 is 1.81 bits per heavy atom. The number of nitrogens with one attached hydrogen (secondary N) is 2. The Morgan fingerprint density at radius 3 is 2.56 bits per heavy atom. The maximum atomic E-state index is 13.3. The molecule has 0 spiro atoms. The van der Waals surface area contributed by atoms with E-state index in [2.05, 4.69) is 15.2 Å². The number of hydrogen-bond donors (Lipinski definition) is 2. The van der Waals surface area contributed by atoms with Crippen LogP contribution in [0, 0.1) is 0 Å². The smallest absolute Gasteiger partial charge is 0.276 e. The first-order valence-corrected chi connectivity index (χ1v) is 11.4. The molecule has 2 aromatic carbocycles. The third-order valence-electron chi connectivity index (χ3n) is 5.51. The summed E-state index contributed by atoms with van der Waals surface area (Å²) < 4.78 is 2.17. The van der Waals surface area contributed by atoms with Gasteiger partial charge in [-0.15, -0.1) is 0 Å². The largest absolute Gasteiger partial charge is 0.350 e. The summed E-state index contributed by atoms with van der Waals surface area (Å²) in [7, 11) is 0. The van der Waals surface area contributed by atoms with Crippen LogP contribution in [0.2, 0.25) is 5.02 Å². The summed E-state index contributed by atoms with van der Waals surface area (Å²) in [5.74, 6) is 0.277. The van der Waals surface area contributed by atoms with E-state index in [-0.39, 0.29) is 17.9 Å². The van der Waals surface area contributed by atoms with Crippen molar-refractivity contribution in [3.8, 4) is 11.4 Å². The highest BCUT2D eigenvalue weighted by atomic mass is 35.5. The van der Waals surface area contributed by atoms with E-state index in [1.165, 1.54) is 0 Å². The topological polar surface area (TPSA) is 76.0 Å². The number of aromatic nitrogens is 2. The number of halogens is 1. The van der Waals surface area contributed by atoms with E-state index in [1.54, 1.807) is 18.2 Å². The van der Waals surface area contributed by atoms with Crippen LogP contribution in [0.4, 0.5) is 5.69 Å². The second-order valence-corrected chi connectivity index (χ2v) is 8.74. The molecule has 0 bridgehead atoms. The molecule has 2 amide bonds. The second-order valence-electron chi connectivity index (χ2n) is 8.34. The lowest BCUT2D eigenvalue weighted by atomic mass is 10.1. The number of anilines is 1. The number of nitrogens with zero attached hydrogens (tertiary/aromatic N) is 2. The molecule has 6 nitrogen and oxygen atoms in total. The van der Waals surface area contributed by atoms with Gasteiger partial charge in [-0.05, 0) is 51.3 Å². The van der Waals surface area contributed by atoms with Crippen LogP contribution in [0.15, 0.2) is 48.5 Å². The third kappa shape index (κ3) is 4.70. The van der Waals surface area contributed by atoms with Gasteiger partial charge in [0.25, 0.3) is 11.8 Å². The fourth-order valence-electron chi connectivity index (χ4n) is 4.00. The molecule has 2 heterocycles. The van der Waals surface area contributed by atoms with Gasteiger partial charge in [0.2, 0.25) is 0 Å². The molecule has 3 aromatic rings. The minimum absolute atomic E-state index is 0.00799. The lowest BCUT2D eigenvalue weighted by molar-refractivity contribution is 0.0941. The Bertz CT molecular complexity index is 1140. The number of carbonyl (C=O) groups is 2. The van der Waals surface area contributed by atoms with Gasteiger partial charge in [0.05, 0.1) is 16.4 Å². The van der Waals surface area contributed by atoms with E-state index >= 15 is 0 Å². The van der Waals surface area contributed by atoms with Crippen LogP contribution in [0.5, 0.6) is 0 Å². The van der Waals surface area contributed by atoms with Crippen LogP contribution in [-0.2, 0) is 13.0 Å². The zero-order valence-corrected chi connectivity index (χ0v) is 19.1. The molecule has 0 aliphatic carbocycles. The summed E-state index contributed by atoms with van der Waals surface area (Å²) in [6.45, 7) is 4.63. The lowest BCUT2D eigenvalue weighted by Gasteiger charge is -2.12. The van der Waals surface area contributed by atoms with E-state index in [0.717, 1.165) is 49.3 Å². The average molecular weight is 451 g/mol. The zero-order valence-electron chi connectivity index (χ0n) is 18.3. The molecule has 2 N–H and O–H groups in total. The van der Waals surface area contributed by atoms with Gasteiger partial charge in [-0.1, -0.05) is 48.4 Å². The SMILES string of the molecule is CC(C)NC(=O)c1ccc(Cl)c(NC(=O)c2nc(-c3ccccc3)n3c2CCCCC3)c1. The highest BCUT2D eigenvalue weighted by Crippen LogP contribution is 2.29. The van der Waals surface area contributed by atoms with Crippen molar-refractivity contribution in [2.24, 2.45) is 0 Å². The van der Waals surface area contributed by atoms with Gasteiger partial charge in [-0.3, -0.25) is 9.59 Å². The molecule has 0 atom stereocenters. The monoisotopic (exact) mass is 450 g/mol. The van der Waals surface area contributed by atoms with Crippen molar-refractivity contribution in [2.45, 2.75) is 52.1 Å². The van der Waals surface area contributed by atoms with Crippen molar-refractivity contribution >= 4 is 29.1 Å². The van der Waals surface area contributed by atoms with Gasteiger partial charge < -0.3 is 15.2 Å². The molecule has 1 aliphatic heterocycles. The quantitative estimate of drug-likeness (QED) is 0.552. The summed E-state index contributed by atoms with van der Waals surface area (Å²) in [5.41, 5.74) is 3.18. The zero-order chi connectivity index (χ0) is 22.7. The number of rotatable bonds is 5. The Kier molecular flexibility index (Phi) is 6.61. The Hall–Kier alpha value is -3.12. The summed E-state index contributed by atoms with van der Waals surface area (Å²) in [6.07, 6.45) is 4.00. The molecule has 0 radical (unpaired) electrons. The first-order valence-electron chi connectivity index (χ1n) is 11.0. The Morgan fingerprint density at radius 1 is 1.03 bits per heavy atom. The minimum Gasteiger partial charge on any atom is -0.350 e. The lowest BCUT2D eigenvalue weighted by Crippen LogP contribution is -2.30. The summed E-state index contributed by atoms with van der Waals surface area (Å²) >= 11 is 6.34. The molecular weight excluding hydrogens is 424 g/mol. The molecule has 4 rings (SSSR count). The number of fused-ring (bicyclic) bond motifs is 1. The molecular formula is C25H27ClN4O2. The van der Waals surface area contributed by atoms with Gasteiger partial charge in [0.15, 0.2) is 0 Å². The molecule has 0 saturated heterocycles. The van der Waals surface area contributed by atoms with Gasteiger partial charge in [-0.25, -0.2) is 4.98 Å². The second kappa shape index (κ2) is 9.57. The van der Waals surface area contributed by atoms with Crippen LogP contribution in [0.25, 0.3) is 11.4 Å². The Labute approximate surface area is 193 Å². The van der Waals surface area contributed by atoms with Gasteiger partial charge in [0, 0.05) is 23.7 Å². The molecule has 166 valence electrons. The van der Waals surface area contributed by atoms with Crippen LogP contribution >= 0.6 is 11.6 Å². The first-order chi connectivity index (χ1) is 15.4. The highest BCUT2D eigenvalue weighted by molar-refractivity contribution is 6.34. The Balaban J connectivity index is 1.67. The van der Waals surface area contributed by atoms with Crippen molar-refractivity contribution in [3.05, 3.63) is 70.5 Å². The molecule has 1 aromatic heterocycles. The predicted octanol–water partition coefficient (Wildman–Crippen LogP) is 5.32. The van der Waals surface area contributed by atoms with Gasteiger partial charge >= 0.3 is 0 Å². The van der Waals surface area contributed by atoms with Crippen molar-refractivity contribution in [1.82, 2.24) is 14.9 Å². The molecule has 0 fully saturated rings. The summed E-state index contributed by atoms with van der Waals surface area (Å²) in [6, 6.07) is 14.8. The first kappa shape index (κ1) is 22.1. The third-order valence-corrected chi connectivity index (χ3v) is 5.84. The number of benzene rings is 2. The fourth-order valence-corrected chi connectivity index (χ4v) is 4.16. The van der Waals surface area contributed by atoms with Crippen LogP contribution in [0.1, 0.15) is 59.7 Å². The molecule has 0 saturated carbocycles. The maximum absolute atomic E-state index is 13.3. The van der Waals surface area contributed by atoms with E-state index < -0.39 is 0 Å². The van der Waals surface area contributed by atoms with Crippen molar-refractivity contribution in [3.63, 3.8) is 0 Å². The van der Waals surface area contributed by atoms with Crippen LogP contribution in [0.3, 0.4) is 0 Å². The fraction of sp³-hybridized carbons (Fsp3) is 0.320. The van der Waals surface area contributed by atoms with E-state index in [1.807, 2.05) is 44.2 Å².